The highest BCUT2D eigenvalue weighted by molar-refractivity contribution is 7.99. The molecule has 1 N–H and O–H groups in total. The Balaban J connectivity index is 1.75. The molecule has 7 heteroatoms. The summed E-state index contributed by atoms with van der Waals surface area (Å²) in [6.07, 6.45) is 0.837. The van der Waals surface area contributed by atoms with Gasteiger partial charge >= 0.3 is 0 Å². The van der Waals surface area contributed by atoms with Crippen molar-refractivity contribution in [2.75, 3.05) is 24.8 Å². The van der Waals surface area contributed by atoms with Crippen LogP contribution in [0.15, 0.2) is 47.6 Å². The van der Waals surface area contributed by atoms with Crippen molar-refractivity contribution >= 4 is 23.4 Å². The zero-order valence-electron chi connectivity index (χ0n) is 20.4. The van der Waals surface area contributed by atoms with E-state index in [-0.39, 0.29) is 17.1 Å². The number of nitrogens with one attached hydrogen (secondary N) is 1. The van der Waals surface area contributed by atoms with Crippen LogP contribution in [0.5, 0.6) is 0 Å². The maximum atomic E-state index is 12.6. The Hall–Kier alpha value is -2.64. The molecule has 1 heterocycles. The first-order valence-electron chi connectivity index (χ1n) is 11.2. The fourth-order valence-electron chi connectivity index (χ4n) is 3.57. The lowest BCUT2D eigenvalue weighted by molar-refractivity contribution is -0.113. The standard InChI is InChI=1S/C26H34N4O2S/c1-18-8-13-22(19(2)16-18)27-23(31)17-33-25-29-28-24(30(25)14-7-15-32-6)20-9-11-21(12-10-20)26(3,4)5/h8-13,16H,7,14-15,17H2,1-6H3,(H,27,31). The van der Waals surface area contributed by atoms with Crippen LogP contribution in [0.2, 0.25) is 0 Å². The van der Waals surface area contributed by atoms with Gasteiger partial charge in [-0.2, -0.15) is 0 Å². The van der Waals surface area contributed by atoms with E-state index in [1.54, 1.807) is 7.11 Å². The van der Waals surface area contributed by atoms with Crippen molar-refractivity contribution in [1.29, 1.82) is 0 Å². The topological polar surface area (TPSA) is 69.0 Å². The van der Waals surface area contributed by atoms with Gasteiger partial charge in [0.05, 0.1) is 5.75 Å². The van der Waals surface area contributed by atoms with Gasteiger partial charge in [0.15, 0.2) is 11.0 Å². The van der Waals surface area contributed by atoms with Gasteiger partial charge in [-0.25, -0.2) is 0 Å². The van der Waals surface area contributed by atoms with Crippen LogP contribution >= 0.6 is 11.8 Å². The Bertz CT molecular complexity index is 1080. The first-order valence-corrected chi connectivity index (χ1v) is 12.2. The van der Waals surface area contributed by atoms with Gasteiger partial charge in [-0.05, 0) is 42.9 Å². The number of anilines is 1. The number of methoxy groups -OCH3 is 1. The molecular weight excluding hydrogens is 432 g/mol. The van der Waals surface area contributed by atoms with Gasteiger partial charge in [-0.3, -0.25) is 4.79 Å². The van der Waals surface area contributed by atoms with E-state index in [9.17, 15) is 4.79 Å². The summed E-state index contributed by atoms with van der Waals surface area (Å²) in [4.78, 5) is 12.6. The molecule has 0 saturated carbocycles. The highest BCUT2D eigenvalue weighted by atomic mass is 32.2. The second kappa shape index (κ2) is 11.0. The van der Waals surface area contributed by atoms with Crippen molar-refractivity contribution in [3.63, 3.8) is 0 Å². The lowest BCUT2D eigenvalue weighted by Crippen LogP contribution is -2.15. The molecule has 0 fully saturated rings. The summed E-state index contributed by atoms with van der Waals surface area (Å²) >= 11 is 1.40. The summed E-state index contributed by atoms with van der Waals surface area (Å²) in [5.74, 6) is 1.01. The van der Waals surface area contributed by atoms with Crippen molar-refractivity contribution in [2.24, 2.45) is 0 Å². The Morgan fingerprint density at radius 3 is 2.45 bits per heavy atom. The Labute approximate surface area is 201 Å². The number of carbonyl (C=O) groups is 1. The number of thioether (sulfide) groups is 1. The molecule has 0 saturated heterocycles. The Morgan fingerprint density at radius 2 is 1.82 bits per heavy atom. The van der Waals surface area contributed by atoms with E-state index in [0.29, 0.717) is 6.61 Å². The minimum atomic E-state index is -0.0607. The number of rotatable bonds is 9. The highest BCUT2D eigenvalue weighted by Gasteiger charge is 2.18. The minimum Gasteiger partial charge on any atom is -0.385 e. The first-order chi connectivity index (χ1) is 15.7. The van der Waals surface area contributed by atoms with Crippen molar-refractivity contribution in [3.8, 4) is 11.4 Å². The third-order valence-corrected chi connectivity index (χ3v) is 6.41. The van der Waals surface area contributed by atoms with Gasteiger partial charge in [0.2, 0.25) is 5.91 Å². The molecule has 0 aliphatic rings. The normalized spacial score (nSPS) is 11.6. The molecule has 0 bridgehead atoms. The number of benzene rings is 2. The van der Waals surface area contributed by atoms with Crippen LogP contribution in [0.1, 0.15) is 43.9 Å². The summed E-state index contributed by atoms with van der Waals surface area (Å²) < 4.78 is 7.32. The minimum absolute atomic E-state index is 0.0607. The lowest BCUT2D eigenvalue weighted by atomic mass is 9.87. The number of nitrogens with zero attached hydrogens (tertiary/aromatic N) is 3. The van der Waals surface area contributed by atoms with E-state index in [2.05, 4.69) is 71.2 Å². The van der Waals surface area contributed by atoms with Crippen LogP contribution in [0.25, 0.3) is 11.4 Å². The third-order valence-electron chi connectivity index (χ3n) is 5.44. The molecular formula is C26H34N4O2S. The monoisotopic (exact) mass is 466 g/mol. The van der Waals surface area contributed by atoms with Gasteiger partial charge in [0.1, 0.15) is 0 Å². The molecule has 2 aromatic carbocycles. The average molecular weight is 467 g/mol. The van der Waals surface area contributed by atoms with Crippen molar-refractivity contribution in [2.45, 2.75) is 58.2 Å². The second-order valence-electron chi connectivity index (χ2n) is 9.29. The molecule has 3 rings (SSSR count). The molecule has 6 nitrogen and oxygen atoms in total. The predicted molar refractivity (Wildman–Crippen MR) is 136 cm³/mol. The SMILES string of the molecule is COCCCn1c(SCC(=O)Nc2ccc(C)cc2C)nnc1-c1ccc(C(C)(C)C)cc1. The van der Waals surface area contributed by atoms with Crippen molar-refractivity contribution in [1.82, 2.24) is 14.8 Å². The van der Waals surface area contributed by atoms with E-state index >= 15 is 0 Å². The van der Waals surface area contributed by atoms with Gasteiger partial charge in [-0.1, -0.05) is 74.5 Å². The molecule has 0 atom stereocenters. The molecule has 176 valence electrons. The molecule has 0 aliphatic heterocycles. The van der Waals surface area contributed by atoms with Crippen LogP contribution in [0.3, 0.4) is 0 Å². The van der Waals surface area contributed by atoms with Gasteiger partial charge < -0.3 is 14.6 Å². The fraction of sp³-hybridized carbons (Fsp3) is 0.423. The summed E-state index contributed by atoms with van der Waals surface area (Å²) in [5, 5.41) is 12.6. The van der Waals surface area contributed by atoms with E-state index in [1.165, 1.54) is 22.9 Å². The average Bonchev–Trinajstić information content (AvgIpc) is 3.17. The zero-order valence-corrected chi connectivity index (χ0v) is 21.3. The Kier molecular flexibility index (Phi) is 8.32. The highest BCUT2D eigenvalue weighted by Crippen LogP contribution is 2.28. The van der Waals surface area contributed by atoms with Crippen molar-refractivity contribution < 1.29 is 9.53 Å². The number of hydrogen-bond acceptors (Lipinski definition) is 5. The van der Waals surface area contributed by atoms with E-state index in [0.717, 1.165) is 40.8 Å². The quantitative estimate of drug-likeness (QED) is 0.327. The van der Waals surface area contributed by atoms with Crippen molar-refractivity contribution in [3.05, 3.63) is 59.2 Å². The predicted octanol–water partition coefficient (Wildman–Crippen LogP) is 5.63. The number of aryl methyl sites for hydroxylation is 2. The maximum absolute atomic E-state index is 12.6. The van der Waals surface area contributed by atoms with Crippen LogP contribution in [-0.4, -0.2) is 40.1 Å². The molecule has 0 unspecified atom stereocenters. The molecule has 0 aliphatic carbocycles. The smallest absolute Gasteiger partial charge is 0.234 e. The van der Waals surface area contributed by atoms with E-state index < -0.39 is 0 Å². The summed E-state index contributed by atoms with van der Waals surface area (Å²) in [6.45, 7) is 12.0. The van der Waals surface area contributed by atoms with Crippen LogP contribution in [-0.2, 0) is 21.5 Å². The van der Waals surface area contributed by atoms with Gasteiger partial charge in [0, 0.05) is 31.5 Å². The molecule has 0 radical (unpaired) electrons. The maximum Gasteiger partial charge on any atom is 0.234 e. The summed E-state index contributed by atoms with van der Waals surface area (Å²) in [7, 11) is 1.70. The molecule has 0 spiro atoms. The molecule has 1 aromatic heterocycles. The van der Waals surface area contributed by atoms with Crippen LogP contribution in [0.4, 0.5) is 5.69 Å². The summed E-state index contributed by atoms with van der Waals surface area (Å²) in [5.41, 5.74) is 5.44. The van der Waals surface area contributed by atoms with Crippen LogP contribution in [0, 0.1) is 13.8 Å². The van der Waals surface area contributed by atoms with Gasteiger partial charge in [-0.15, -0.1) is 10.2 Å². The zero-order chi connectivity index (χ0) is 24.0. The van der Waals surface area contributed by atoms with E-state index in [1.807, 2.05) is 26.0 Å². The number of ether oxygens (including phenoxy) is 1. The van der Waals surface area contributed by atoms with E-state index in [4.69, 9.17) is 4.74 Å². The van der Waals surface area contributed by atoms with Crippen LogP contribution < -0.4 is 5.32 Å². The lowest BCUT2D eigenvalue weighted by Gasteiger charge is -2.19. The number of amides is 1. The third kappa shape index (κ3) is 6.68. The Morgan fingerprint density at radius 1 is 1.09 bits per heavy atom. The van der Waals surface area contributed by atoms with Gasteiger partial charge in [0.25, 0.3) is 0 Å². The molecule has 3 aromatic rings. The number of aromatic nitrogens is 3. The molecule has 1 amide bonds. The summed E-state index contributed by atoms with van der Waals surface area (Å²) in [6, 6.07) is 14.5. The number of hydrogen-bond donors (Lipinski definition) is 1. The first kappa shape index (κ1) is 25.0. The number of carbonyl (C=O) groups excluding carboxylic acids is 1. The largest absolute Gasteiger partial charge is 0.385 e. The fourth-order valence-corrected chi connectivity index (χ4v) is 4.33. The second-order valence-corrected chi connectivity index (χ2v) is 10.2. The molecule has 33 heavy (non-hydrogen) atoms.